The third kappa shape index (κ3) is 4.01. The third-order valence-corrected chi connectivity index (χ3v) is 7.98. The molecule has 10 heteroatoms. The molecule has 2 aliphatic heterocycles. The van der Waals surface area contributed by atoms with Gasteiger partial charge in [0.1, 0.15) is 0 Å². The van der Waals surface area contributed by atoms with Crippen LogP contribution in [-0.4, -0.2) is 46.5 Å². The number of hydrogen-bond acceptors (Lipinski definition) is 6. The molecule has 1 saturated heterocycles. The lowest BCUT2D eigenvalue weighted by molar-refractivity contribution is -0.384. The van der Waals surface area contributed by atoms with Gasteiger partial charge in [0.25, 0.3) is 11.6 Å². The van der Waals surface area contributed by atoms with Crippen LogP contribution in [0.1, 0.15) is 49.9 Å². The summed E-state index contributed by atoms with van der Waals surface area (Å²) in [6, 6.07) is 18.7. The second-order valence-electron chi connectivity index (χ2n) is 10.4. The van der Waals surface area contributed by atoms with Gasteiger partial charge in [0.15, 0.2) is 17.0 Å². The molecule has 1 fully saturated rings. The predicted molar refractivity (Wildman–Crippen MR) is 154 cm³/mol. The molecular weight excluding hydrogens is 524 g/mol. The Kier molecular flexibility index (Phi) is 6.40. The highest BCUT2D eigenvalue weighted by Gasteiger charge is 2.60. The first-order chi connectivity index (χ1) is 19.8. The first-order valence-corrected chi connectivity index (χ1v) is 13.7. The van der Waals surface area contributed by atoms with Crippen molar-refractivity contribution in [1.29, 1.82) is 0 Å². The van der Waals surface area contributed by atoms with Gasteiger partial charge in [-0.05, 0) is 61.7 Å². The number of aromatic amines is 1. The largest absolute Gasteiger partial charge is 0.490 e. The zero-order chi connectivity index (χ0) is 28.9. The Bertz CT molecular complexity index is 1680. The predicted octanol–water partition coefficient (Wildman–Crippen LogP) is 6.09. The van der Waals surface area contributed by atoms with E-state index in [0.29, 0.717) is 30.4 Å². The Morgan fingerprint density at radius 2 is 1.78 bits per heavy atom. The average Bonchev–Trinajstić information content (AvgIpc) is 3.46. The number of nitro groups is 1. The molecule has 0 aliphatic carbocycles. The van der Waals surface area contributed by atoms with E-state index in [9.17, 15) is 19.7 Å². The van der Waals surface area contributed by atoms with Gasteiger partial charge in [0, 0.05) is 35.5 Å². The molecule has 3 aromatic carbocycles. The minimum absolute atomic E-state index is 0.119. The second-order valence-corrected chi connectivity index (χ2v) is 10.4. The maximum Gasteiger partial charge on any atom is 0.332 e. The highest BCUT2D eigenvalue weighted by atomic mass is 16.6. The molecular formula is C31H30N4O6. The standard InChI is InChI=1S/C31H30N4O6/c1-4-16-41-25-15-10-19(17-26(25)40-5-2)23-18-33-30(37)34(20-11-13-21(14-12-20)35(38)39)29(36)31(33,3)28-27(23)22-8-6-7-9-24(22)32-28/h6-15,17,23,32H,4-5,16,18H2,1-3H3. The summed E-state index contributed by atoms with van der Waals surface area (Å²) < 4.78 is 11.9. The lowest BCUT2D eigenvalue weighted by atomic mass is 9.78. The summed E-state index contributed by atoms with van der Waals surface area (Å²) in [7, 11) is 0. The summed E-state index contributed by atoms with van der Waals surface area (Å²) in [5.41, 5.74) is 2.28. The molecule has 4 aromatic rings. The number of para-hydroxylation sites is 1. The summed E-state index contributed by atoms with van der Waals surface area (Å²) >= 11 is 0. The molecule has 0 radical (unpaired) electrons. The van der Waals surface area contributed by atoms with Crippen LogP contribution >= 0.6 is 0 Å². The summed E-state index contributed by atoms with van der Waals surface area (Å²) in [4.78, 5) is 44.9. The minimum atomic E-state index is -1.30. The molecule has 1 aromatic heterocycles. The Labute approximate surface area is 236 Å². The van der Waals surface area contributed by atoms with Crippen molar-refractivity contribution in [3.63, 3.8) is 0 Å². The van der Waals surface area contributed by atoms with Crippen LogP contribution in [0, 0.1) is 10.1 Å². The van der Waals surface area contributed by atoms with Crippen LogP contribution in [0.15, 0.2) is 66.7 Å². The van der Waals surface area contributed by atoms with Crippen molar-refractivity contribution in [3.8, 4) is 11.5 Å². The number of carbonyl (C=O) groups is 2. The van der Waals surface area contributed by atoms with Crippen LogP contribution in [0.4, 0.5) is 16.2 Å². The number of aromatic nitrogens is 1. The van der Waals surface area contributed by atoms with Crippen LogP contribution in [0.5, 0.6) is 11.5 Å². The Balaban J connectivity index is 1.49. The fraction of sp³-hybridized carbons (Fsp3) is 0.290. The van der Waals surface area contributed by atoms with E-state index in [-0.39, 0.29) is 23.8 Å². The van der Waals surface area contributed by atoms with E-state index in [1.165, 1.54) is 24.3 Å². The van der Waals surface area contributed by atoms with Gasteiger partial charge >= 0.3 is 6.03 Å². The first kappa shape index (κ1) is 26.4. The molecule has 0 saturated carbocycles. The van der Waals surface area contributed by atoms with Crippen molar-refractivity contribution in [1.82, 2.24) is 9.88 Å². The number of nitro benzene ring substituents is 1. The second kappa shape index (κ2) is 9.96. The van der Waals surface area contributed by atoms with Crippen LogP contribution in [0.25, 0.3) is 10.9 Å². The van der Waals surface area contributed by atoms with Crippen molar-refractivity contribution in [2.45, 2.75) is 38.6 Å². The third-order valence-electron chi connectivity index (χ3n) is 7.98. The molecule has 10 nitrogen and oxygen atoms in total. The molecule has 210 valence electrons. The van der Waals surface area contributed by atoms with Crippen LogP contribution in [0.2, 0.25) is 0 Å². The summed E-state index contributed by atoms with van der Waals surface area (Å²) in [5.74, 6) is 0.613. The number of amides is 3. The maximum absolute atomic E-state index is 14.1. The molecule has 0 bridgehead atoms. The lowest BCUT2D eigenvalue weighted by Gasteiger charge is -2.40. The number of imide groups is 1. The number of rotatable bonds is 8. The molecule has 6 rings (SSSR count). The number of nitrogens with zero attached hydrogens (tertiary/aromatic N) is 3. The Morgan fingerprint density at radius 1 is 1.02 bits per heavy atom. The van der Waals surface area contributed by atoms with Crippen molar-refractivity contribution >= 4 is 34.2 Å². The topological polar surface area (TPSA) is 118 Å². The van der Waals surface area contributed by atoms with E-state index in [2.05, 4.69) is 4.98 Å². The van der Waals surface area contributed by atoms with Gasteiger partial charge in [-0.1, -0.05) is 31.2 Å². The maximum atomic E-state index is 14.1. The zero-order valence-electron chi connectivity index (χ0n) is 23.0. The molecule has 2 aliphatic rings. The Hall–Kier alpha value is -4.86. The van der Waals surface area contributed by atoms with Gasteiger partial charge in [-0.25, -0.2) is 9.69 Å². The van der Waals surface area contributed by atoms with Crippen molar-refractivity contribution in [3.05, 3.63) is 93.7 Å². The number of nitrogens with one attached hydrogen (secondary N) is 1. The van der Waals surface area contributed by atoms with Crippen LogP contribution in [-0.2, 0) is 10.3 Å². The van der Waals surface area contributed by atoms with E-state index in [4.69, 9.17) is 9.47 Å². The fourth-order valence-corrected chi connectivity index (χ4v) is 5.98. The zero-order valence-corrected chi connectivity index (χ0v) is 23.0. The van der Waals surface area contributed by atoms with Gasteiger partial charge < -0.3 is 19.4 Å². The number of ether oxygens (including phenoxy) is 2. The number of anilines is 1. The fourth-order valence-electron chi connectivity index (χ4n) is 5.98. The van der Waals surface area contributed by atoms with Crippen molar-refractivity contribution in [2.75, 3.05) is 24.7 Å². The Morgan fingerprint density at radius 3 is 2.49 bits per heavy atom. The molecule has 41 heavy (non-hydrogen) atoms. The van der Waals surface area contributed by atoms with E-state index >= 15 is 0 Å². The van der Waals surface area contributed by atoms with Gasteiger partial charge in [-0.2, -0.15) is 0 Å². The average molecular weight is 555 g/mol. The number of fused-ring (bicyclic) bond motifs is 5. The summed E-state index contributed by atoms with van der Waals surface area (Å²) in [6.07, 6.45) is 0.865. The number of non-ortho nitro benzene ring substituents is 1. The quantitative estimate of drug-likeness (QED) is 0.160. The van der Waals surface area contributed by atoms with Gasteiger partial charge in [0.2, 0.25) is 0 Å². The van der Waals surface area contributed by atoms with Gasteiger partial charge in [0.05, 0.1) is 29.5 Å². The number of hydrogen-bond donors (Lipinski definition) is 1. The molecule has 1 N–H and O–H groups in total. The van der Waals surface area contributed by atoms with Crippen LogP contribution < -0.4 is 14.4 Å². The first-order valence-electron chi connectivity index (χ1n) is 13.7. The number of carbonyl (C=O) groups excluding carboxylic acids is 2. The molecule has 0 spiro atoms. The molecule has 3 amide bonds. The van der Waals surface area contributed by atoms with Crippen molar-refractivity contribution < 1.29 is 24.0 Å². The van der Waals surface area contributed by atoms with Crippen LogP contribution in [0.3, 0.4) is 0 Å². The number of H-pyrrole nitrogens is 1. The van der Waals surface area contributed by atoms with E-state index in [0.717, 1.165) is 33.4 Å². The monoisotopic (exact) mass is 554 g/mol. The van der Waals surface area contributed by atoms with E-state index < -0.39 is 22.4 Å². The van der Waals surface area contributed by atoms with Gasteiger partial charge in [-0.15, -0.1) is 0 Å². The smallest absolute Gasteiger partial charge is 0.332 e. The van der Waals surface area contributed by atoms with Crippen molar-refractivity contribution in [2.24, 2.45) is 0 Å². The number of urea groups is 1. The molecule has 2 unspecified atom stereocenters. The molecule has 2 atom stereocenters. The van der Waals surface area contributed by atoms with E-state index in [1.807, 2.05) is 56.3 Å². The number of benzene rings is 3. The van der Waals surface area contributed by atoms with E-state index in [1.54, 1.807) is 11.8 Å². The lowest BCUT2D eigenvalue weighted by Crippen LogP contribution is -2.50. The van der Waals surface area contributed by atoms with Gasteiger partial charge in [-0.3, -0.25) is 14.9 Å². The highest BCUT2D eigenvalue weighted by molar-refractivity contribution is 6.23. The minimum Gasteiger partial charge on any atom is -0.490 e. The molecule has 3 heterocycles. The highest BCUT2D eigenvalue weighted by Crippen LogP contribution is 2.51. The summed E-state index contributed by atoms with van der Waals surface area (Å²) in [5, 5.41) is 12.2. The summed E-state index contributed by atoms with van der Waals surface area (Å²) in [6.45, 7) is 7.01. The SMILES string of the molecule is CCCOc1ccc(C2CN3C(=O)N(c4ccc([N+](=O)[O-])cc4)C(=O)C3(C)c3[nH]c4ccccc4c32)cc1OCC. The normalized spacial score (nSPS) is 19.8.